The van der Waals surface area contributed by atoms with Gasteiger partial charge in [0.15, 0.2) is 0 Å². The van der Waals surface area contributed by atoms with Crippen molar-refractivity contribution in [1.29, 1.82) is 0 Å². The predicted octanol–water partition coefficient (Wildman–Crippen LogP) is 0.692. The summed E-state index contributed by atoms with van der Waals surface area (Å²) in [6, 6.07) is 1.86. The Morgan fingerprint density at radius 1 is 1.29 bits per heavy atom. The molecule has 0 radical (unpaired) electrons. The summed E-state index contributed by atoms with van der Waals surface area (Å²) in [4.78, 5) is 16.6. The maximum Gasteiger partial charge on any atom is 0.239 e. The largest absolute Gasteiger partial charge is 0.391 e. The van der Waals surface area contributed by atoms with Gasteiger partial charge in [0, 0.05) is 45.8 Å². The first-order chi connectivity index (χ1) is 11.1. The van der Waals surface area contributed by atoms with Gasteiger partial charge in [-0.25, -0.2) is 0 Å². The van der Waals surface area contributed by atoms with Gasteiger partial charge in [-0.1, -0.05) is 20.8 Å². The van der Waals surface area contributed by atoms with Gasteiger partial charge in [0.25, 0.3) is 0 Å². The van der Waals surface area contributed by atoms with E-state index in [-0.39, 0.29) is 17.4 Å². The number of β-amino-alcohol motifs (C(OH)–C–C–N with tert-alkyl or cyclic N) is 1. The third-order valence-corrected chi connectivity index (χ3v) is 4.53. The minimum absolute atomic E-state index is 0.0128. The number of aryl methyl sites for hydroxylation is 2. The Kier molecular flexibility index (Phi) is 6.01. The lowest BCUT2D eigenvalue weighted by atomic mass is 9.89. The Balaban J connectivity index is 1.74. The van der Waals surface area contributed by atoms with Crippen molar-refractivity contribution in [3.8, 4) is 0 Å². The molecule has 7 nitrogen and oxygen atoms in total. The number of rotatable bonds is 5. The summed E-state index contributed by atoms with van der Waals surface area (Å²) < 4.78 is 1.68. The van der Waals surface area contributed by atoms with E-state index in [2.05, 4.69) is 41.0 Å². The van der Waals surface area contributed by atoms with E-state index in [1.807, 2.05) is 20.0 Å². The fourth-order valence-corrected chi connectivity index (χ4v) is 2.76. The van der Waals surface area contributed by atoms with Crippen LogP contribution >= 0.6 is 0 Å². The van der Waals surface area contributed by atoms with E-state index < -0.39 is 0 Å². The molecular formula is C17H31N5O2. The number of piperazine rings is 1. The van der Waals surface area contributed by atoms with Crippen LogP contribution in [-0.4, -0.2) is 76.0 Å². The van der Waals surface area contributed by atoms with Gasteiger partial charge >= 0.3 is 0 Å². The van der Waals surface area contributed by atoms with Crippen molar-refractivity contribution < 1.29 is 9.90 Å². The standard InChI is InChI=1S/C17H31N5O2/c1-13-10-15(20(5)19-13)18-16(24)12-22-8-6-21(7-9-22)11-14(23)17(2,3)4/h10,14,23H,6-9,11-12H2,1-5H3,(H,18,24). The molecule has 1 unspecified atom stereocenters. The van der Waals surface area contributed by atoms with Crippen LogP contribution in [0.5, 0.6) is 0 Å². The van der Waals surface area contributed by atoms with Crippen LogP contribution in [0.25, 0.3) is 0 Å². The van der Waals surface area contributed by atoms with Gasteiger partial charge in [0.2, 0.25) is 5.91 Å². The second kappa shape index (κ2) is 7.63. The second-order valence-electron chi connectivity index (χ2n) is 7.80. The molecule has 1 aromatic rings. The summed E-state index contributed by atoms with van der Waals surface area (Å²) in [5.74, 6) is 0.714. The number of aliphatic hydroxyl groups is 1. The minimum atomic E-state index is -0.333. The molecular weight excluding hydrogens is 306 g/mol. The summed E-state index contributed by atoms with van der Waals surface area (Å²) in [6.07, 6.45) is -0.333. The zero-order valence-electron chi connectivity index (χ0n) is 15.5. The molecule has 1 aliphatic heterocycles. The van der Waals surface area contributed by atoms with Crippen LogP contribution in [0.1, 0.15) is 26.5 Å². The topological polar surface area (TPSA) is 73.6 Å². The molecule has 1 aliphatic rings. The van der Waals surface area contributed by atoms with Gasteiger partial charge in [-0.2, -0.15) is 5.10 Å². The van der Waals surface area contributed by atoms with E-state index in [1.54, 1.807) is 4.68 Å². The molecule has 1 aromatic heterocycles. The molecule has 136 valence electrons. The first-order valence-corrected chi connectivity index (χ1v) is 8.58. The number of carbonyl (C=O) groups is 1. The highest BCUT2D eigenvalue weighted by atomic mass is 16.3. The maximum absolute atomic E-state index is 12.2. The van der Waals surface area contributed by atoms with E-state index >= 15 is 0 Å². The molecule has 0 aromatic carbocycles. The lowest BCUT2D eigenvalue weighted by Crippen LogP contribution is -2.51. The van der Waals surface area contributed by atoms with Crippen LogP contribution in [0.3, 0.4) is 0 Å². The van der Waals surface area contributed by atoms with E-state index in [1.165, 1.54) is 0 Å². The number of carbonyl (C=O) groups excluding carboxylic acids is 1. The first-order valence-electron chi connectivity index (χ1n) is 8.58. The van der Waals surface area contributed by atoms with Crippen LogP contribution in [-0.2, 0) is 11.8 Å². The molecule has 2 rings (SSSR count). The van der Waals surface area contributed by atoms with Crippen molar-refractivity contribution in [2.75, 3.05) is 44.6 Å². The molecule has 0 bridgehead atoms. The Bertz CT molecular complexity index is 556. The van der Waals surface area contributed by atoms with Crippen molar-refractivity contribution in [3.05, 3.63) is 11.8 Å². The van der Waals surface area contributed by atoms with Crippen LogP contribution in [0.4, 0.5) is 5.82 Å². The van der Waals surface area contributed by atoms with Crippen LogP contribution in [0.15, 0.2) is 6.07 Å². The Labute approximate surface area is 144 Å². The highest BCUT2D eigenvalue weighted by Crippen LogP contribution is 2.20. The summed E-state index contributed by atoms with van der Waals surface area (Å²) >= 11 is 0. The molecule has 1 saturated heterocycles. The molecule has 7 heteroatoms. The monoisotopic (exact) mass is 337 g/mol. The fraction of sp³-hybridized carbons (Fsp3) is 0.765. The van der Waals surface area contributed by atoms with E-state index in [0.717, 1.165) is 37.7 Å². The van der Waals surface area contributed by atoms with Crippen LogP contribution in [0.2, 0.25) is 0 Å². The molecule has 2 heterocycles. The number of aromatic nitrogens is 2. The Morgan fingerprint density at radius 2 is 1.88 bits per heavy atom. The average Bonchev–Trinajstić information content (AvgIpc) is 2.77. The molecule has 1 amide bonds. The Morgan fingerprint density at radius 3 is 2.38 bits per heavy atom. The number of hydrogen-bond donors (Lipinski definition) is 2. The first kappa shape index (κ1) is 18.9. The van der Waals surface area contributed by atoms with Gasteiger partial charge in [-0.05, 0) is 12.3 Å². The van der Waals surface area contributed by atoms with E-state index in [9.17, 15) is 9.90 Å². The SMILES string of the molecule is Cc1cc(NC(=O)CN2CCN(CC(O)C(C)(C)C)CC2)n(C)n1. The van der Waals surface area contributed by atoms with Gasteiger partial charge in [-0.3, -0.25) is 19.3 Å². The second-order valence-corrected chi connectivity index (χ2v) is 7.80. The van der Waals surface area contributed by atoms with Gasteiger partial charge < -0.3 is 10.4 Å². The fourth-order valence-electron chi connectivity index (χ4n) is 2.76. The zero-order chi connectivity index (χ0) is 17.9. The molecule has 1 atom stereocenters. The van der Waals surface area contributed by atoms with E-state index in [0.29, 0.717) is 13.1 Å². The number of aliphatic hydroxyl groups excluding tert-OH is 1. The number of nitrogens with zero attached hydrogens (tertiary/aromatic N) is 4. The van der Waals surface area contributed by atoms with Gasteiger partial charge in [0.05, 0.1) is 18.3 Å². The van der Waals surface area contributed by atoms with Crippen LogP contribution in [0, 0.1) is 12.3 Å². The maximum atomic E-state index is 12.2. The quantitative estimate of drug-likeness (QED) is 0.827. The molecule has 0 spiro atoms. The van der Waals surface area contributed by atoms with Crippen molar-refractivity contribution in [2.24, 2.45) is 12.5 Å². The van der Waals surface area contributed by atoms with E-state index in [4.69, 9.17) is 0 Å². The zero-order valence-corrected chi connectivity index (χ0v) is 15.5. The van der Waals surface area contributed by atoms with Crippen molar-refractivity contribution >= 4 is 11.7 Å². The Hall–Kier alpha value is -1.44. The minimum Gasteiger partial charge on any atom is -0.391 e. The highest BCUT2D eigenvalue weighted by molar-refractivity contribution is 5.91. The number of amides is 1. The lowest BCUT2D eigenvalue weighted by Gasteiger charge is -2.37. The average molecular weight is 337 g/mol. The summed E-state index contributed by atoms with van der Waals surface area (Å²) in [5, 5.41) is 17.3. The molecule has 1 fully saturated rings. The predicted molar refractivity (Wildman–Crippen MR) is 94.9 cm³/mol. The van der Waals surface area contributed by atoms with Gasteiger partial charge in [0.1, 0.15) is 5.82 Å². The van der Waals surface area contributed by atoms with Crippen molar-refractivity contribution in [2.45, 2.75) is 33.8 Å². The third kappa shape index (κ3) is 5.29. The summed E-state index contributed by atoms with van der Waals surface area (Å²) in [7, 11) is 1.82. The van der Waals surface area contributed by atoms with Gasteiger partial charge in [-0.15, -0.1) is 0 Å². The summed E-state index contributed by atoms with van der Waals surface area (Å²) in [5.41, 5.74) is 0.789. The summed E-state index contributed by atoms with van der Waals surface area (Å²) in [6.45, 7) is 12.6. The molecule has 24 heavy (non-hydrogen) atoms. The normalized spacial score (nSPS) is 18.6. The molecule has 2 N–H and O–H groups in total. The molecule has 0 aliphatic carbocycles. The smallest absolute Gasteiger partial charge is 0.239 e. The number of hydrogen-bond acceptors (Lipinski definition) is 5. The lowest BCUT2D eigenvalue weighted by molar-refractivity contribution is -0.117. The molecule has 0 saturated carbocycles. The van der Waals surface area contributed by atoms with Crippen molar-refractivity contribution in [1.82, 2.24) is 19.6 Å². The van der Waals surface area contributed by atoms with Crippen LogP contribution < -0.4 is 5.32 Å². The number of nitrogens with one attached hydrogen (secondary N) is 1. The third-order valence-electron chi connectivity index (χ3n) is 4.53. The number of anilines is 1. The van der Waals surface area contributed by atoms with Crippen molar-refractivity contribution in [3.63, 3.8) is 0 Å². The highest BCUT2D eigenvalue weighted by Gasteiger charge is 2.26.